The zero-order chi connectivity index (χ0) is 5.98. The number of hydrogen-bond donors (Lipinski definition) is 1. The molecule has 0 spiro atoms. The van der Waals surface area contributed by atoms with Gasteiger partial charge in [0.15, 0.2) is 0 Å². The van der Waals surface area contributed by atoms with E-state index in [1.54, 1.807) is 0 Å². The maximum absolute atomic E-state index is 10.1. The summed E-state index contributed by atoms with van der Waals surface area (Å²) in [7, 11) is 0. The first-order valence-corrected chi connectivity index (χ1v) is 1.91. The van der Waals surface area contributed by atoms with Crippen LogP contribution in [0.1, 0.15) is 0 Å². The molecule has 1 aromatic rings. The summed E-state index contributed by atoms with van der Waals surface area (Å²) in [6.45, 7) is 0. The zero-order valence-electron chi connectivity index (χ0n) is 3.83. The number of hydrogen-bond acceptors (Lipinski definition) is 3. The molecule has 0 aliphatic carbocycles. The normalized spacial score (nSPS) is 9.00. The number of rotatable bonds is 0. The molecular formula is C3H3N2O3+. The van der Waals surface area contributed by atoms with Crippen molar-refractivity contribution in [3.8, 4) is 0 Å². The number of H-pyrrole nitrogens is 1. The fourth-order valence-electron chi connectivity index (χ4n) is 0.305. The Labute approximate surface area is 43.1 Å². The van der Waals surface area contributed by atoms with Gasteiger partial charge in [0.1, 0.15) is 4.91 Å². The minimum absolute atomic E-state index is 0.0255. The molecule has 0 aromatic carbocycles. The molecule has 0 bridgehead atoms. The Hall–Kier alpha value is -1.39. The maximum Gasteiger partial charge on any atom is 0.414 e. The second kappa shape index (κ2) is 1.61. The van der Waals surface area contributed by atoms with E-state index in [2.05, 4.69) is 9.62 Å². The van der Waals surface area contributed by atoms with E-state index in [9.17, 15) is 9.70 Å². The van der Waals surface area contributed by atoms with E-state index in [4.69, 9.17) is 0 Å². The van der Waals surface area contributed by atoms with E-state index in [1.165, 1.54) is 6.20 Å². The Morgan fingerprint density at radius 3 is 2.88 bits per heavy atom. The van der Waals surface area contributed by atoms with Crippen molar-refractivity contribution in [3.63, 3.8) is 0 Å². The van der Waals surface area contributed by atoms with Crippen LogP contribution in [-0.2, 0) is 0 Å². The molecule has 5 nitrogen and oxygen atoms in total. The van der Waals surface area contributed by atoms with E-state index in [-0.39, 0.29) is 4.71 Å². The highest BCUT2D eigenvalue weighted by Gasteiger charge is 1.89. The third kappa shape index (κ3) is 0.810. The van der Waals surface area contributed by atoms with Crippen LogP contribution in [0.15, 0.2) is 21.6 Å². The van der Waals surface area contributed by atoms with Crippen molar-refractivity contribution in [3.05, 3.63) is 27.6 Å². The molecule has 0 saturated carbocycles. The van der Waals surface area contributed by atoms with Gasteiger partial charge in [-0.3, -0.25) is 0 Å². The summed E-state index contributed by atoms with van der Waals surface area (Å²) < 4.78 is 3.90. The summed E-state index contributed by atoms with van der Waals surface area (Å²) in [5, 5.41) is 2.07. The van der Waals surface area contributed by atoms with Crippen molar-refractivity contribution < 1.29 is 9.24 Å². The van der Waals surface area contributed by atoms with Crippen molar-refractivity contribution >= 4 is 0 Å². The SMILES string of the molecule is O=c1cc[nH][n+](=O)o1. The number of aromatic nitrogens is 2. The molecule has 5 heteroatoms. The molecule has 1 heterocycles. The van der Waals surface area contributed by atoms with Crippen LogP contribution in [0.25, 0.3) is 0 Å². The Kier molecular flexibility index (Phi) is 0.957. The quantitative estimate of drug-likeness (QED) is 0.465. The fraction of sp³-hybridized carbons (Fsp3) is 0. The Morgan fingerprint density at radius 2 is 2.50 bits per heavy atom. The van der Waals surface area contributed by atoms with Gasteiger partial charge in [-0.25, -0.2) is 4.79 Å². The summed E-state index contributed by atoms with van der Waals surface area (Å²) in [6.07, 6.45) is 1.19. The van der Waals surface area contributed by atoms with Crippen LogP contribution >= 0.6 is 0 Å². The Bertz CT molecular complexity index is 247. The van der Waals surface area contributed by atoms with Crippen LogP contribution in [0.2, 0.25) is 0 Å². The van der Waals surface area contributed by atoms with Crippen LogP contribution in [-0.4, -0.2) is 5.10 Å². The average Bonchev–Trinajstić information content (AvgIpc) is 1.64. The van der Waals surface area contributed by atoms with Crippen molar-refractivity contribution in [1.82, 2.24) is 5.10 Å². The first-order chi connectivity index (χ1) is 3.79. The number of nitrogens with zero attached hydrogens (tertiary/aromatic N) is 1. The van der Waals surface area contributed by atoms with Gasteiger partial charge in [-0.15, -0.1) is 4.52 Å². The van der Waals surface area contributed by atoms with Gasteiger partial charge in [-0.05, 0) is 0 Å². The van der Waals surface area contributed by atoms with Gasteiger partial charge in [0.2, 0.25) is 0 Å². The topological polar surface area (TPSA) is 69.0 Å². The summed E-state index contributed by atoms with van der Waals surface area (Å²) in [5.74, 6) is 0. The molecule has 1 N–H and O–H groups in total. The van der Waals surface area contributed by atoms with Crippen molar-refractivity contribution in [2.45, 2.75) is 0 Å². The highest BCUT2D eigenvalue weighted by atomic mass is 16.6. The van der Waals surface area contributed by atoms with E-state index in [0.29, 0.717) is 0 Å². The molecule has 0 aliphatic rings. The van der Waals surface area contributed by atoms with Gasteiger partial charge in [0.25, 0.3) is 0 Å². The lowest BCUT2D eigenvalue weighted by Gasteiger charge is -1.62. The van der Waals surface area contributed by atoms with Gasteiger partial charge in [0.05, 0.1) is 12.3 Å². The molecule has 0 aliphatic heterocycles. The van der Waals surface area contributed by atoms with E-state index in [0.717, 1.165) is 6.07 Å². The Morgan fingerprint density at radius 1 is 1.75 bits per heavy atom. The van der Waals surface area contributed by atoms with Gasteiger partial charge >= 0.3 is 10.3 Å². The van der Waals surface area contributed by atoms with Crippen LogP contribution in [0.5, 0.6) is 0 Å². The van der Waals surface area contributed by atoms with Crippen LogP contribution in [0.3, 0.4) is 0 Å². The first-order valence-electron chi connectivity index (χ1n) is 1.91. The highest BCUT2D eigenvalue weighted by Crippen LogP contribution is 1.53. The summed E-state index contributed by atoms with van der Waals surface area (Å²) in [4.78, 5) is 20.1. The molecule has 0 fully saturated rings. The van der Waals surface area contributed by atoms with Gasteiger partial charge in [0, 0.05) is 0 Å². The first kappa shape index (κ1) is 4.76. The lowest BCUT2D eigenvalue weighted by Crippen LogP contribution is -2.23. The molecule has 0 atom stereocenters. The molecule has 0 unspecified atom stereocenters. The zero-order valence-corrected chi connectivity index (χ0v) is 3.83. The van der Waals surface area contributed by atoms with Crippen LogP contribution < -0.4 is 10.3 Å². The lowest BCUT2D eigenvalue weighted by atomic mass is 10.7. The second-order valence-corrected chi connectivity index (χ2v) is 1.13. The summed E-state index contributed by atoms with van der Waals surface area (Å²) in [5.41, 5.74) is -0.668. The summed E-state index contributed by atoms with van der Waals surface area (Å²) >= 11 is 0. The molecule has 8 heavy (non-hydrogen) atoms. The second-order valence-electron chi connectivity index (χ2n) is 1.13. The highest BCUT2D eigenvalue weighted by molar-refractivity contribution is 4.67. The lowest BCUT2D eigenvalue weighted by molar-refractivity contribution is -0.763. The average molecular weight is 115 g/mol. The van der Waals surface area contributed by atoms with Crippen molar-refractivity contribution in [1.29, 1.82) is 0 Å². The largest absolute Gasteiger partial charge is 0.414 e. The van der Waals surface area contributed by atoms with Gasteiger partial charge in [-0.2, -0.15) is 0 Å². The predicted octanol–water partition coefficient (Wildman–Crippen LogP) is -1.12. The predicted molar refractivity (Wildman–Crippen MR) is 22.7 cm³/mol. The molecule has 0 amide bonds. The monoisotopic (exact) mass is 115 g/mol. The van der Waals surface area contributed by atoms with Crippen LogP contribution in [0, 0.1) is 4.91 Å². The smallest absolute Gasteiger partial charge is 0.239 e. The van der Waals surface area contributed by atoms with Gasteiger partial charge in [-0.1, -0.05) is 5.10 Å². The number of nitrogens with one attached hydrogen (secondary N) is 1. The molecule has 1 rings (SSSR count). The molecule has 42 valence electrons. The summed E-state index contributed by atoms with van der Waals surface area (Å²) in [6, 6.07) is 1.11. The van der Waals surface area contributed by atoms with E-state index < -0.39 is 5.63 Å². The Balaban J connectivity index is 3.50. The fourth-order valence-corrected chi connectivity index (χ4v) is 0.305. The number of aromatic amines is 1. The van der Waals surface area contributed by atoms with Crippen molar-refractivity contribution in [2.24, 2.45) is 0 Å². The van der Waals surface area contributed by atoms with E-state index >= 15 is 0 Å². The van der Waals surface area contributed by atoms with Gasteiger partial charge < -0.3 is 0 Å². The standard InChI is InChI=1S/C3H2N2O3/c6-3-1-2-4-5(7)8-3/h1-2H/p+1. The third-order valence-electron chi connectivity index (χ3n) is 0.572. The van der Waals surface area contributed by atoms with E-state index in [1.807, 2.05) is 0 Å². The molecule has 0 radical (unpaired) electrons. The molecule has 1 aromatic heterocycles. The third-order valence-corrected chi connectivity index (χ3v) is 0.572. The molecule has 0 saturated heterocycles. The molecular weight excluding hydrogens is 112 g/mol. The van der Waals surface area contributed by atoms with Crippen LogP contribution in [0.4, 0.5) is 0 Å². The van der Waals surface area contributed by atoms with Crippen molar-refractivity contribution in [2.75, 3.05) is 0 Å². The minimum atomic E-state index is -0.668. The minimum Gasteiger partial charge on any atom is -0.239 e. The maximum atomic E-state index is 10.1.